The molecule has 13 heteroatoms. The van der Waals surface area contributed by atoms with Crippen LogP contribution >= 0.6 is 0 Å². The average molecular weight is 338 g/mol. The number of alkyl halides is 10. The van der Waals surface area contributed by atoms with Crippen LogP contribution in [-0.4, -0.2) is 36.1 Å². The highest BCUT2D eigenvalue weighted by molar-refractivity contribution is 5.86. The van der Waals surface area contributed by atoms with E-state index in [1.165, 1.54) is 0 Å². The Labute approximate surface area is 108 Å². The first-order valence-corrected chi connectivity index (χ1v) is 4.62. The van der Waals surface area contributed by atoms with Crippen LogP contribution in [0.1, 0.15) is 12.8 Å². The van der Waals surface area contributed by atoms with Gasteiger partial charge in [-0.1, -0.05) is 0 Å². The van der Waals surface area contributed by atoms with Crippen LogP contribution in [0.2, 0.25) is 0 Å². The summed E-state index contributed by atoms with van der Waals surface area (Å²) in [4.78, 5) is 21.0. The zero-order valence-electron chi connectivity index (χ0n) is 9.42. The first-order chi connectivity index (χ1) is 8.99. The maximum atomic E-state index is 12.3. The third-order valence-electron chi connectivity index (χ3n) is 1.79. The van der Waals surface area contributed by atoms with E-state index in [0.29, 0.717) is 0 Å². The molecule has 124 valence electrons. The van der Waals surface area contributed by atoms with E-state index in [-0.39, 0.29) is 0 Å². The van der Waals surface area contributed by atoms with Crippen molar-refractivity contribution in [3.63, 3.8) is 0 Å². The van der Waals surface area contributed by atoms with E-state index in [0.717, 1.165) is 0 Å². The third-order valence-corrected chi connectivity index (χ3v) is 1.79. The summed E-state index contributed by atoms with van der Waals surface area (Å²) in [5.74, 6) is -16.5. The number of hydrogen-bond acceptors (Lipinski definition) is 3. The predicted molar refractivity (Wildman–Crippen MR) is 42.3 cm³/mol. The van der Waals surface area contributed by atoms with Crippen LogP contribution in [-0.2, 0) is 14.3 Å². The smallest absolute Gasteiger partial charge is 0.393 e. The topological polar surface area (TPSA) is 43.4 Å². The average Bonchev–Trinajstić information content (AvgIpc) is 2.10. The standard InChI is InChI=1S/C8H4F10O3/c9-5(10,7(13,14)15)1-3(19)21-4(20)2-6(11,12)8(16,17)18/h1-2H2. The Morgan fingerprint density at radius 2 is 0.857 bits per heavy atom. The molecule has 0 amide bonds. The highest BCUT2D eigenvalue weighted by Gasteiger charge is 2.60. The summed E-state index contributed by atoms with van der Waals surface area (Å²) in [6.45, 7) is 0. The van der Waals surface area contributed by atoms with Crippen LogP contribution in [0, 0.1) is 0 Å². The highest BCUT2D eigenvalue weighted by Crippen LogP contribution is 2.39. The van der Waals surface area contributed by atoms with Crippen LogP contribution in [0.15, 0.2) is 0 Å². The lowest BCUT2D eigenvalue weighted by Crippen LogP contribution is -2.41. The normalized spacial score (nSPS) is 14.0. The van der Waals surface area contributed by atoms with E-state index >= 15 is 0 Å². The largest absolute Gasteiger partial charge is 0.453 e. The molecule has 0 saturated heterocycles. The summed E-state index contributed by atoms with van der Waals surface area (Å²) >= 11 is 0. The van der Waals surface area contributed by atoms with Crippen molar-refractivity contribution in [2.75, 3.05) is 0 Å². The van der Waals surface area contributed by atoms with Gasteiger partial charge in [0.25, 0.3) is 0 Å². The number of rotatable bonds is 4. The summed E-state index contributed by atoms with van der Waals surface area (Å²) in [6, 6.07) is 0. The number of hydrogen-bond donors (Lipinski definition) is 0. The van der Waals surface area contributed by atoms with E-state index in [1.807, 2.05) is 0 Å². The molecule has 0 fully saturated rings. The fraction of sp³-hybridized carbons (Fsp3) is 0.750. The molecular weight excluding hydrogens is 334 g/mol. The molecule has 0 radical (unpaired) electrons. The quantitative estimate of drug-likeness (QED) is 0.449. The molecule has 0 heterocycles. The van der Waals surface area contributed by atoms with Crippen molar-refractivity contribution >= 4 is 11.9 Å². The van der Waals surface area contributed by atoms with Crippen LogP contribution in [0.25, 0.3) is 0 Å². The van der Waals surface area contributed by atoms with Gasteiger partial charge in [-0.15, -0.1) is 0 Å². The van der Waals surface area contributed by atoms with Gasteiger partial charge in [0, 0.05) is 0 Å². The number of carbonyl (C=O) groups excluding carboxylic acids is 2. The maximum absolute atomic E-state index is 12.3. The lowest BCUT2D eigenvalue weighted by molar-refractivity contribution is -0.286. The summed E-state index contributed by atoms with van der Waals surface area (Å²) in [5.41, 5.74) is 0. The van der Waals surface area contributed by atoms with Gasteiger partial charge in [0.05, 0.1) is 0 Å². The Hall–Kier alpha value is -1.56. The van der Waals surface area contributed by atoms with Crippen molar-refractivity contribution in [1.82, 2.24) is 0 Å². The fourth-order valence-electron chi connectivity index (χ4n) is 0.762. The van der Waals surface area contributed by atoms with Gasteiger partial charge >= 0.3 is 36.1 Å². The minimum absolute atomic E-state index is 2.60. The first-order valence-electron chi connectivity index (χ1n) is 4.62. The lowest BCUT2D eigenvalue weighted by atomic mass is 10.2. The number of esters is 2. The second-order valence-corrected chi connectivity index (χ2v) is 3.60. The Morgan fingerprint density at radius 1 is 0.619 bits per heavy atom. The molecule has 0 rings (SSSR count). The van der Waals surface area contributed by atoms with Crippen molar-refractivity contribution in [3.8, 4) is 0 Å². The Balaban J connectivity index is 4.66. The zero-order valence-corrected chi connectivity index (χ0v) is 9.42. The zero-order chi connectivity index (χ0) is 17.3. The van der Waals surface area contributed by atoms with Crippen LogP contribution in [0.3, 0.4) is 0 Å². The van der Waals surface area contributed by atoms with Crippen LogP contribution in [0.5, 0.6) is 0 Å². The van der Waals surface area contributed by atoms with E-state index in [1.54, 1.807) is 0 Å². The minimum Gasteiger partial charge on any atom is -0.393 e. The molecule has 0 aromatic heterocycles. The summed E-state index contributed by atoms with van der Waals surface area (Å²) < 4.78 is 122. The van der Waals surface area contributed by atoms with E-state index in [9.17, 15) is 53.5 Å². The molecule has 0 aromatic carbocycles. The molecular formula is C8H4F10O3. The van der Waals surface area contributed by atoms with E-state index < -0.39 is 49.0 Å². The van der Waals surface area contributed by atoms with Crippen LogP contribution in [0.4, 0.5) is 43.9 Å². The molecule has 21 heavy (non-hydrogen) atoms. The molecule has 0 aliphatic carbocycles. The van der Waals surface area contributed by atoms with Gasteiger partial charge < -0.3 is 4.74 Å². The van der Waals surface area contributed by atoms with Crippen molar-refractivity contribution in [2.45, 2.75) is 37.0 Å². The summed E-state index contributed by atoms with van der Waals surface area (Å²) in [5, 5.41) is 0. The number of ether oxygens (including phenoxy) is 1. The van der Waals surface area contributed by atoms with Gasteiger partial charge in [-0.2, -0.15) is 43.9 Å². The van der Waals surface area contributed by atoms with Crippen molar-refractivity contribution in [2.24, 2.45) is 0 Å². The molecule has 0 N–H and O–H groups in total. The Morgan fingerprint density at radius 3 is 1.05 bits per heavy atom. The monoisotopic (exact) mass is 338 g/mol. The molecule has 0 bridgehead atoms. The van der Waals surface area contributed by atoms with Gasteiger partial charge in [0.1, 0.15) is 12.8 Å². The van der Waals surface area contributed by atoms with Gasteiger partial charge in [-0.3, -0.25) is 9.59 Å². The van der Waals surface area contributed by atoms with Gasteiger partial charge in [0.2, 0.25) is 0 Å². The van der Waals surface area contributed by atoms with Gasteiger partial charge in [0.15, 0.2) is 0 Å². The minimum atomic E-state index is -6.19. The second kappa shape index (κ2) is 5.67. The molecule has 0 aliphatic heterocycles. The molecule has 0 aromatic rings. The lowest BCUT2D eigenvalue weighted by Gasteiger charge is -2.19. The SMILES string of the molecule is O=C(CC(F)(F)C(F)(F)F)OC(=O)CC(F)(F)C(F)(F)F. The van der Waals surface area contributed by atoms with E-state index in [4.69, 9.17) is 0 Å². The first kappa shape index (κ1) is 19.4. The molecule has 0 atom stereocenters. The Kier molecular flexibility index (Phi) is 5.25. The fourth-order valence-corrected chi connectivity index (χ4v) is 0.762. The van der Waals surface area contributed by atoms with Crippen LogP contribution < -0.4 is 0 Å². The van der Waals surface area contributed by atoms with Crippen molar-refractivity contribution in [1.29, 1.82) is 0 Å². The summed E-state index contributed by atoms with van der Waals surface area (Å²) in [7, 11) is 0. The molecule has 0 spiro atoms. The predicted octanol–water partition coefficient (Wildman–Crippen LogP) is 3.23. The van der Waals surface area contributed by atoms with Gasteiger partial charge in [-0.25, -0.2) is 0 Å². The van der Waals surface area contributed by atoms with Crippen molar-refractivity contribution < 1.29 is 58.2 Å². The molecule has 3 nitrogen and oxygen atoms in total. The van der Waals surface area contributed by atoms with Crippen molar-refractivity contribution in [3.05, 3.63) is 0 Å². The second-order valence-electron chi connectivity index (χ2n) is 3.60. The van der Waals surface area contributed by atoms with E-state index in [2.05, 4.69) is 4.74 Å². The number of halogens is 10. The Bertz CT molecular complexity index is 370. The molecule has 0 unspecified atom stereocenters. The van der Waals surface area contributed by atoms with Gasteiger partial charge in [-0.05, 0) is 0 Å². The highest BCUT2D eigenvalue weighted by atomic mass is 19.4. The number of carbonyl (C=O) groups is 2. The summed E-state index contributed by atoms with van der Waals surface area (Å²) in [6.07, 6.45) is -17.9. The third kappa shape index (κ3) is 5.38. The maximum Gasteiger partial charge on any atom is 0.453 e. The molecule has 0 saturated carbocycles. The molecule has 0 aliphatic rings.